The van der Waals surface area contributed by atoms with Gasteiger partial charge in [-0.2, -0.15) is 13.2 Å². The quantitative estimate of drug-likeness (QED) is 0.256. The third-order valence-electron chi connectivity index (χ3n) is 18.1. The number of carbonyl (C=O) groups is 11. The number of alkyl halides is 3. The van der Waals surface area contributed by atoms with Crippen molar-refractivity contribution in [2.75, 3.05) is 68.5 Å². The van der Waals surface area contributed by atoms with Gasteiger partial charge in [0.2, 0.25) is 65.0 Å². The maximum Gasteiger partial charge on any atom is 0.417 e. The van der Waals surface area contributed by atoms with E-state index in [4.69, 9.17) is 11.6 Å². The van der Waals surface area contributed by atoms with Gasteiger partial charge in [-0.1, -0.05) is 97.7 Å². The number of halogens is 4. The summed E-state index contributed by atoms with van der Waals surface area (Å²) >= 11 is 6.09. The molecule has 2 saturated carbocycles. The molecule has 0 aromatic heterocycles. The normalized spacial score (nSPS) is 26.4. The van der Waals surface area contributed by atoms with Crippen LogP contribution in [0.5, 0.6) is 0 Å². The first-order valence-electron chi connectivity index (χ1n) is 31.0. The third kappa shape index (κ3) is 18.3. The molecule has 5 rings (SSSR count). The number of hydrogen-bond donors (Lipinski definition) is 4. The summed E-state index contributed by atoms with van der Waals surface area (Å²) in [6.07, 6.45) is 0.152. The molecule has 0 bridgehead atoms. The molecular weight excluding hydrogens is 1170 g/mol. The Kier molecular flexibility index (Phi) is 25.7. The highest BCUT2D eigenvalue weighted by molar-refractivity contribution is 6.31. The summed E-state index contributed by atoms with van der Waals surface area (Å²) in [5.41, 5.74) is -2.25. The fraction of sp³-hybridized carbons (Fsp3) is 0.726. The predicted molar refractivity (Wildman–Crippen MR) is 323 cm³/mol. The van der Waals surface area contributed by atoms with Crippen LogP contribution in [0.2, 0.25) is 5.02 Å². The third-order valence-corrected chi connectivity index (χ3v) is 18.4. The molecule has 2 aliphatic heterocycles. The zero-order valence-electron chi connectivity index (χ0n) is 53.7. The van der Waals surface area contributed by atoms with Crippen LogP contribution in [0.15, 0.2) is 18.2 Å². The SMILES string of the molecule is CCC(C)[C@@H]1NC(=O)[C@H](CC(C)C)N(C)C(=O)C[C@@H](C)NC(=O)[C@H](C(C)C)N(C)C(=O)C2(CCCC2)NC(=O)[C@@H]2CCCN2C(=O)[C@H](CCc2ccc(C(F)(F)F)c(Cl)c2)NC(=O)CN(C)C(=O)[C@H](CC2CCC2)N(C)C(=O)CN(C)C(=O)CN(C)C1=O. The van der Waals surface area contributed by atoms with Crippen LogP contribution in [0, 0.1) is 23.7 Å². The van der Waals surface area contributed by atoms with Crippen molar-refractivity contribution in [3.05, 3.63) is 34.3 Å². The first kappa shape index (κ1) is 72.2. The molecule has 2 aliphatic carbocycles. The van der Waals surface area contributed by atoms with Gasteiger partial charge in [0, 0.05) is 61.3 Å². The molecule has 2 saturated heterocycles. The van der Waals surface area contributed by atoms with Crippen LogP contribution in [0.3, 0.4) is 0 Å². The average molecular weight is 1260 g/mol. The van der Waals surface area contributed by atoms with E-state index in [2.05, 4.69) is 21.3 Å². The van der Waals surface area contributed by atoms with Crippen molar-refractivity contribution in [2.24, 2.45) is 23.7 Å². The highest BCUT2D eigenvalue weighted by Gasteiger charge is 2.50. The number of amides is 11. The molecule has 492 valence electrons. The number of hydrogen-bond acceptors (Lipinski definition) is 11. The van der Waals surface area contributed by atoms with Crippen molar-refractivity contribution < 1.29 is 65.9 Å². The first-order chi connectivity index (χ1) is 41.1. The van der Waals surface area contributed by atoms with Crippen LogP contribution in [-0.2, 0) is 65.3 Å². The van der Waals surface area contributed by atoms with Crippen LogP contribution in [0.4, 0.5) is 13.2 Å². The number of benzene rings is 1. The fourth-order valence-electron chi connectivity index (χ4n) is 12.3. The molecule has 4 N–H and O–H groups in total. The molecule has 88 heavy (non-hydrogen) atoms. The van der Waals surface area contributed by atoms with Gasteiger partial charge in [-0.25, -0.2) is 0 Å². The first-order valence-corrected chi connectivity index (χ1v) is 31.4. The van der Waals surface area contributed by atoms with Crippen molar-refractivity contribution in [1.82, 2.24) is 55.6 Å². The van der Waals surface area contributed by atoms with Gasteiger partial charge in [0.1, 0.15) is 41.8 Å². The van der Waals surface area contributed by atoms with E-state index in [1.807, 2.05) is 20.8 Å². The molecule has 26 heteroatoms. The highest BCUT2D eigenvalue weighted by atomic mass is 35.5. The topological polar surface area (TPSA) is 259 Å². The maximum absolute atomic E-state index is 15.0. The second kappa shape index (κ2) is 31.3. The number of fused-ring (bicyclic) bond motifs is 1. The van der Waals surface area contributed by atoms with Crippen LogP contribution in [0.1, 0.15) is 149 Å². The second-order valence-electron chi connectivity index (χ2n) is 25.9. The smallest absolute Gasteiger partial charge is 0.351 e. The van der Waals surface area contributed by atoms with Gasteiger partial charge in [-0.3, -0.25) is 52.7 Å². The van der Waals surface area contributed by atoms with E-state index in [-0.39, 0.29) is 69.7 Å². The monoisotopic (exact) mass is 1260 g/mol. The van der Waals surface area contributed by atoms with Gasteiger partial charge < -0.3 is 55.6 Å². The number of carbonyl (C=O) groups excluding carboxylic acids is 11. The molecule has 1 spiro atoms. The Balaban J connectivity index is 1.53. The molecule has 1 unspecified atom stereocenters. The van der Waals surface area contributed by atoms with E-state index in [0.29, 0.717) is 31.2 Å². The Morgan fingerprint density at radius 1 is 0.670 bits per heavy atom. The van der Waals surface area contributed by atoms with E-state index in [1.54, 1.807) is 27.7 Å². The van der Waals surface area contributed by atoms with Gasteiger partial charge in [0.15, 0.2) is 0 Å². The van der Waals surface area contributed by atoms with Crippen molar-refractivity contribution >= 4 is 76.6 Å². The molecule has 1 aromatic rings. The maximum atomic E-state index is 15.0. The van der Waals surface area contributed by atoms with Crippen LogP contribution >= 0.6 is 11.6 Å². The van der Waals surface area contributed by atoms with Gasteiger partial charge in [0.05, 0.1) is 30.2 Å². The van der Waals surface area contributed by atoms with E-state index in [0.717, 1.165) is 46.1 Å². The van der Waals surface area contributed by atoms with Crippen molar-refractivity contribution in [3.8, 4) is 0 Å². The number of likely N-dealkylation sites (N-methyl/N-ethyl adjacent to an activating group) is 6. The summed E-state index contributed by atoms with van der Waals surface area (Å²) in [7, 11) is 8.50. The number of nitrogens with one attached hydrogen (secondary N) is 4. The largest absolute Gasteiger partial charge is 0.417 e. The van der Waals surface area contributed by atoms with Crippen LogP contribution in [-0.4, -0.2) is 216 Å². The lowest BCUT2D eigenvalue weighted by Crippen LogP contribution is -2.64. The molecule has 8 atom stereocenters. The summed E-state index contributed by atoms with van der Waals surface area (Å²) in [5.74, 6) is -7.80. The standard InChI is InChI=1S/C62H95ClF3N11O11/c1-14-38(6)52-59(87)73(10)34-50(80)71(8)35-51(81)75(12)47(32-40-19-17-20-40)58(86)72(9)33-48(78)68-44(25-23-41-22-24-42(43(63)31-41)62(64,65)66)57(85)77-28-18-21-45(77)55(83)70-61(26-15-16-27-61)60(88)76(13)53(37(4)5)56(84)67-39(7)30-49(79)74(11)46(29-36(2)3)54(82)69-52/h22,24,31,36-40,44-47,52-53H,14-21,23,25-30,32-35H2,1-13H3,(H,67,84)(H,68,78)(H,69,82)(H,70,83)/t38?,39-,44+,45+,46+,47+,52+,53+/m1/s1. The Hall–Kier alpha value is -6.53. The minimum atomic E-state index is -4.74. The fourth-order valence-corrected chi connectivity index (χ4v) is 12.7. The molecule has 2 heterocycles. The van der Waals surface area contributed by atoms with Gasteiger partial charge in [-0.05, 0) is 99.7 Å². The van der Waals surface area contributed by atoms with Crippen molar-refractivity contribution in [1.29, 1.82) is 0 Å². The zero-order valence-corrected chi connectivity index (χ0v) is 54.4. The summed E-state index contributed by atoms with van der Waals surface area (Å²) in [5, 5.41) is 10.9. The minimum Gasteiger partial charge on any atom is -0.351 e. The number of nitrogens with zero attached hydrogens (tertiary/aromatic N) is 7. The summed E-state index contributed by atoms with van der Waals surface area (Å²) in [4.78, 5) is 167. The Bertz CT molecular complexity index is 2720. The molecule has 4 aliphatic rings. The second-order valence-corrected chi connectivity index (χ2v) is 26.3. The molecule has 22 nitrogen and oxygen atoms in total. The molecular formula is C62H95ClF3N11O11. The van der Waals surface area contributed by atoms with Crippen LogP contribution in [0.25, 0.3) is 0 Å². The van der Waals surface area contributed by atoms with E-state index in [9.17, 15) is 65.9 Å². The predicted octanol–water partition coefficient (Wildman–Crippen LogP) is 4.38. The van der Waals surface area contributed by atoms with Crippen LogP contribution < -0.4 is 21.3 Å². The summed E-state index contributed by atoms with van der Waals surface area (Å²) in [6.45, 7) is 10.9. The Labute approximate surface area is 521 Å². The van der Waals surface area contributed by atoms with E-state index >= 15 is 0 Å². The average Bonchev–Trinajstić information content (AvgIpc) is 3.12. The van der Waals surface area contributed by atoms with Gasteiger partial charge in [0.25, 0.3) is 0 Å². The zero-order chi connectivity index (χ0) is 65.9. The van der Waals surface area contributed by atoms with E-state index < -0.39 is 161 Å². The summed E-state index contributed by atoms with van der Waals surface area (Å²) < 4.78 is 41.2. The summed E-state index contributed by atoms with van der Waals surface area (Å²) in [6, 6.07) is -4.58. The number of aryl methyl sites for hydroxylation is 1. The minimum absolute atomic E-state index is 0.0593. The molecule has 4 fully saturated rings. The van der Waals surface area contributed by atoms with E-state index in [1.165, 1.54) is 68.0 Å². The van der Waals surface area contributed by atoms with Gasteiger partial charge >= 0.3 is 6.18 Å². The number of rotatable bonds is 10. The molecule has 11 amide bonds. The molecule has 0 radical (unpaired) electrons. The lowest BCUT2D eigenvalue weighted by molar-refractivity contribution is -0.149. The lowest BCUT2D eigenvalue weighted by Gasteiger charge is -2.39. The lowest BCUT2D eigenvalue weighted by atomic mass is 9.80. The Morgan fingerprint density at radius 2 is 1.28 bits per heavy atom. The van der Waals surface area contributed by atoms with Crippen molar-refractivity contribution in [2.45, 2.75) is 199 Å². The van der Waals surface area contributed by atoms with Crippen molar-refractivity contribution in [3.63, 3.8) is 0 Å². The molecule has 1 aromatic carbocycles. The van der Waals surface area contributed by atoms with Gasteiger partial charge in [-0.15, -0.1) is 0 Å². The Morgan fingerprint density at radius 3 is 1.85 bits per heavy atom. The highest BCUT2D eigenvalue weighted by Crippen LogP contribution is 2.37.